The molecular weight excluding hydrogens is 402 g/mol. The molecule has 168 valence electrons. The van der Waals surface area contributed by atoms with Crippen LogP contribution in [0.4, 0.5) is 5.69 Å². The molecule has 5 rings (SSSR count). The molecule has 0 amide bonds. The predicted molar refractivity (Wildman–Crippen MR) is 127 cm³/mol. The van der Waals surface area contributed by atoms with Gasteiger partial charge in [0.05, 0.1) is 12.7 Å². The number of nitrogens with one attached hydrogen (secondary N) is 2. The Morgan fingerprint density at radius 2 is 2.06 bits per heavy atom. The molecular formula is C26H31N3O3. The second-order valence-corrected chi connectivity index (χ2v) is 9.15. The van der Waals surface area contributed by atoms with E-state index in [4.69, 9.17) is 4.74 Å². The van der Waals surface area contributed by atoms with Crippen molar-refractivity contribution in [2.45, 2.75) is 57.7 Å². The first kappa shape index (κ1) is 20.9. The third-order valence-corrected chi connectivity index (χ3v) is 6.90. The molecule has 2 heterocycles. The zero-order valence-corrected chi connectivity index (χ0v) is 18.8. The topological polar surface area (TPSA) is 77.6 Å². The van der Waals surface area contributed by atoms with E-state index in [1.807, 2.05) is 18.3 Å². The van der Waals surface area contributed by atoms with Gasteiger partial charge in [0.15, 0.2) is 0 Å². The lowest BCUT2D eigenvalue weighted by Crippen LogP contribution is -2.33. The van der Waals surface area contributed by atoms with Crippen molar-refractivity contribution in [1.82, 2.24) is 9.88 Å². The number of aromatic carboxylic acids is 1. The van der Waals surface area contributed by atoms with Crippen molar-refractivity contribution in [3.05, 3.63) is 58.8 Å². The highest BCUT2D eigenvalue weighted by Gasteiger charge is 2.30. The number of fused-ring (bicyclic) bond motifs is 1. The van der Waals surface area contributed by atoms with Crippen LogP contribution in [0.1, 0.15) is 65.2 Å². The standard InChI is InChI=1S/C26H31N3O3/c1-16-13-24(32-2)21(19-10-11-27-25(16)19)15-29-12-4-3-5-23(29)20-9-6-17(26(30)31)14-22(20)28-18-7-8-18/h6,9-11,13-14,18,23,27-28H,3-5,7-8,12,15H2,1-2H3,(H,30,31)/t23-/m0/s1. The second-order valence-electron chi connectivity index (χ2n) is 9.15. The van der Waals surface area contributed by atoms with Gasteiger partial charge in [-0.2, -0.15) is 0 Å². The maximum Gasteiger partial charge on any atom is 0.335 e. The van der Waals surface area contributed by atoms with Crippen molar-refractivity contribution < 1.29 is 14.6 Å². The third-order valence-electron chi connectivity index (χ3n) is 6.90. The van der Waals surface area contributed by atoms with Crippen molar-refractivity contribution in [3.8, 4) is 5.75 Å². The molecule has 1 aliphatic heterocycles. The Kier molecular flexibility index (Phi) is 5.55. The van der Waals surface area contributed by atoms with Gasteiger partial charge in [0.25, 0.3) is 0 Å². The lowest BCUT2D eigenvalue weighted by Gasteiger charge is -2.37. The number of aromatic amines is 1. The largest absolute Gasteiger partial charge is 0.496 e. The molecule has 1 aliphatic carbocycles. The van der Waals surface area contributed by atoms with E-state index in [2.05, 4.69) is 34.3 Å². The third kappa shape index (κ3) is 3.95. The first-order chi connectivity index (χ1) is 15.5. The van der Waals surface area contributed by atoms with Gasteiger partial charge in [0, 0.05) is 47.0 Å². The van der Waals surface area contributed by atoms with E-state index in [1.165, 1.54) is 34.9 Å². The first-order valence-electron chi connectivity index (χ1n) is 11.6. The quantitative estimate of drug-likeness (QED) is 0.460. The summed E-state index contributed by atoms with van der Waals surface area (Å²) in [6.45, 7) is 3.91. The average molecular weight is 434 g/mol. The van der Waals surface area contributed by atoms with Gasteiger partial charge < -0.3 is 20.1 Å². The van der Waals surface area contributed by atoms with Gasteiger partial charge in [0.1, 0.15) is 5.75 Å². The number of piperidine rings is 1. The molecule has 0 radical (unpaired) electrons. The number of aryl methyl sites for hydroxylation is 1. The molecule has 1 aromatic heterocycles. The Balaban J connectivity index is 1.52. The van der Waals surface area contributed by atoms with Crippen molar-refractivity contribution in [1.29, 1.82) is 0 Å². The van der Waals surface area contributed by atoms with Gasteiger partial charge in [-0.3, -0.25) is 4.90 Å². The molecule has 0 bridgehead atoms. The summed E-state index contributed by atoms with van der Waals surface area (Å²) in [5.74, 6) is 0.0478. The van der Waals surface area contributed by atoms with Crippen LogP contribution in [0.15, 0.2) is 36.5 Å². The van der Waals surface area contributed by atoms with Crippen LogP contribution in [-0.2, 0) is 6.54 Å². The van der Waals surface area contributed by atoms with E-state index in [0.29, 0.717) is 11.6 Å². The number of rotatable bonds is 7. The predicted octanol–water partition coefficient (Wildman–Crippen LogP) is 5.48. The van der Waals surface area contributed by atoms with Crippen LogP contribution in [0.5, 0.6) is 5.75 Å². The molecule has 3 N–H and O–H groups in total. The van der Waals surface area contributed by atoms with Crippen LogP contribution in [0.2, 0.25) is 0 Å². The second kappa shape index (κ2) is 8.51. The first-order valence-corrected chi connectivity index (χ1v) is 11.6. The average Bonchev–Trinajstić information content (AvgIpc) is 3.47. The summed E-state index contributed by atoms with van der Waals surface area (Å²) in [5, 5.41) is 14.3. The van der Waals surface area contributed by atoms with Crippen LogP contribution >= 0.6 is 0 Å². The Labute approximate surface area is 188 Å². The summed E-state index contributed by atoms with van der Waals surface area (Å²) in [4.78, 5) is 17.5. The van der Waals surface area contributed by atoms with Gasteiger partial charge in [-0.25, -0.2) is 4.79 Å². The van der Waals surface area contributed by atoms with Crippen LogP contribution in [0.3, 0.4) is 0 Å². The van der Waals surface area contributed by atoms with E-state index in [1.54, 1.807) is 13.2 Å². The summed E-state index contributed by atoms with van der Waals surface area (Å²) in [5.41, 5.74) is 6.08. The summed E-state index contributed by atoms with van der Waals surface area (Å²) in [6, 6.07) is 10.6. The summed E-state index contributed by atoms with van der Waals surface area (Å²) < 4.78 is 5.79. The lowest BCUT2D eigenvalue weighted by molar-refractivity contribution is 0.0696. The highest BCUT2D eigenvalue weighted by atomic mass is 16.5. The minimum atomic E-state index is -0.880. The van der Waals surface area contributed by atoms with Crippen LogP contribution < -0.4 is 10.1 Å². The highest BCUT2D eigenvalue weighted by molar-refractivity contribution is 5.89. The summed E-state index contributed by atoms with van der Waals surface area (Å²) in [6.07, 6.45) is 7.70. The number of methoxy groups -OCH3 is 1. The van der Waals surface area contributed by atoms with Crippen LogP contribution in [-0.4, -0.2) is 40.7 Å². The zero-order valence-electron chi connectivity index (χ0n) is 18.8. The number of aromatic nitrogens is 1. The summed E-state index contributed by atoms with van der Waals surface area (Å²) in [7, 11) is 1.74. The number of hydrogen-bond acceptors (Lipinski definition) is 4. The molecule has 1 saturated carbocycles. The van der Waals surface area contributed by atoms with Gasteiger partial charge in [-0.1, -0.05) is 12.5 Å². The van der Waals surface area contributed by atoms with E-state index in [9.17, 15) is 9.90 Å². The monoisotopic (exact) mass is 433 g/mol. The molecule has 0 spiro atoms. The number of carbonyl (C=O) groups is 1. The Hall–Kier alpha value is -2.99. The lowest BCUT2D eigenvalue weighted by atomic mass is 9.92. The molecule has 2 fully saturated rings. The number of carboxylic acids is 1. The smallest absolute Gasteiger partial charge is 0.335 e. The maximum atomic E-state index is 11.6. The van der Waals surface area contributed by atoms with Crippen LogP contribution in [0.25, 0.3) is 10.9 Å². The molecule has 1 atom stereocenters. The van der Waals surface area contributed by atoms with Gasteiger partial charge in [-0.15, -0.1) is 0 Å². The van der Waals surface area contributed by atoms with Crippen molar-refractivity contribution in [3.63, 3.8) is 0 Å². The molecule has 2 aromatic carbocycles. The highest BCUT2D eigenvalue weighted by Crippen LogP contribution is 2.40. The number of benzene rings is 2. The molecule has 1 saturated heterocycles. The maximum absolute atomic E-state index is 11.6. The Morgan fingerprint density at radius 1 is 1.22 bits per heavy atom. The number of nitrogens with zero attached hydrogens (tertiary/aromatic N) is 1. The van der Waals surface area contributed by atoms with E-state index >= 15 is 0 Å². The fraction of sp³-hybridized carbons (Fsp3) is 0.423. The van der Waals surface area contributed by atoms with Crippen LogP contribution in [0, 0.1) is 6.92 Å². The Morgan fingerprint density at radius 3 is 2.81 bits per heavy atom. The number of carboxylic acid groups (broad SMARTS) is 1. The normalized spacial score (nSPS) is 19.2. The zero-order chi connectivity index (χ0) is 22.2. The van der Waals surface area contributed by atoms with Gasteiger partial charge in [0.2, 0.25) is 0 Å². The molecule has 6 nitrogen and oxygen atoms in total. The van der Waals surface area contributed by atoms with Gasteiger partial charge >= 0.3 is 5.97 Å². The fourth-order valence-corrected chi connectivity index (χ4v) is 5.07. The van der Waals surface area contributed by atoms with E-state index in [-0.39, 0.29) is 6.04 Å². The molecule has 0 unspecified atom stereocenters. The number of likely N-dealkylation sites (tertiary alicyclic amines) is 1. The van der Waals surface area contributed by atoms with E-state index < -0.39 is 5.97 Å². The number of ether oxygens (including phenoxy) is 1. The summed E-state index contributed by atoms with van der Waals surface area (Å²) >= 11 is 0. The number of anilines is 1. The Bertz CT molecular complexity index is 1150. The van der Waals surface area contributed by atoms with Gasteiger partial charge in [-0.05, 0) is 74.5 Å². The van der Waals surface area contributed by atoms with Crippen molar-refractivity contribution >= 4 is 22.6 Å². The molecule has 2 aliphatic rings. The molecule has 6 heteroatoms. The minimum absolute atomic E-state index is 0.243. The fourth-order valence-electron chi connectivity index (χ4n) is 5.07. The molecule has 3 aromatic rings. The minimum Gasteiger partial charge on any atom is -0.496 e. The number of hydrogen-bond donors (Lipinski definition) is 3. The molecule has 32 heavy (non-hydrogen) atoms. The number of H-pyrrole nitrogens is 1. The van der Waals surface area contributed by atoms with E-state index in [0.717, 1.165) is 49.3 Å². The van der Waals surface area contributed by atoms with Crippen molar-refractivity contribution in [2.24, 2.45) is 0 Å². The SMILES string of the molecule is COc1cc(C)c2[nH]ccc2c1CN1CCCC[C@H]1c1ccc(C(=O)O)cc1NC1CC1. The van der Waals surface area contributed by atoms with Crippen molar-refractivity contribution in [2.75, 3.05) is 19.0 Å².